The number of benzene rings is 2. The van der Waals surface area contributed by atoms with E-state index >= 15 is 0 Å². The number of nitrogens with zero attached hydrogens (tertiary/aromatic N) is 2. The molecule has 3 aromatic rings. The van der Waals surface area contributed by atoms with Crippen LogP contribution >= 0.6 is 12.2 Å². The molecule has 0 saturated heterocycles. The molecule has 0 aliphatic carbocycles. The van der Waals surface area contributed by atoms with Crippen molar-refractivity contribution in [2.24, 2.45) is 0 Å². The Labute approximate surface area is 192 Å². The van der Waals surface area contributed by atoms with Crippen molar-refractivity contribution in [1.29, 1.82) is 0 Å². The predicted molar refractivity (Wildman–Crippen MR) is 128 cm³/mol. The second-order valence-electron chi connectivity index (χ2n) is 7.21. The van der Waals surface area contributed by atoms with E-state index in [1.807, 2.05) is 31.2 Å². The van der Waals surface area contributed by atoms with Crippen LogP contribution in [0.15, 0.2) is 59.5 Å². The number of sulfonamides is 1. The normalized spacial score (nSPS) is 11.0. The minimum absolute atomic E-state index is 0.0160. The molecule has 3 N–H and O–H groups in total. The highest BCUT2D eigenvalue weighted by Gasteiger charge is 2.16. The SMILES string of the molecule is Cc1cc(C)nc(NS(=O)(=O)c2ccc(NC(=S)NC(=O)Cc3ccccc3C)cc2)n1. The van der Waals surface area contributed by atoms with Crippen LogP contribution in [-0.2, 0) is 21.2 Å². The van der Waals surface area contributed by atoms with Crippen LogP contribution in [0.2, 0.25) is 0 Å². The van der Waals surface area contributed by atoms with Crippen LogP contribution in [0.4, 0.5) is 11.6 Å². The summed E-state index contributed by atoms with van der Waals surface area (Å²) in [5.74, 6) is -0.226. The van der Waals surface area contributed by atoms with E-state index in [2.05, 4.69) is 25.3 Å². The van der Waals surface area contributed by atoms with Gasteiger partial charge in [0.05, 0.1) is 11.3 Å². The first-order chi connectivity index (χ1) is 15.1. The van der Waals surface area contributed by atoms with Crippen LogP contribution in [0.5, 0.6) is 0 Å². The summed E-state index contributed by atoms with van der Waals surface area (Å²) < 4.78 is 27.6. The van der Waals surface area contributed by atoms with Crippen LogP contribution in [-0.4, -0.2) is 29.4 Å². The topological polar surface area (TPSA) is 113 Å². The summed E-state index contributed by atoms with van der Waals surface area (Å²) in [6.07, 6.45) is 0.206. The van der Waals surface area contributed by atoms with Crippen LogP contribution < -0.4 is 15.4 Å². The number of hydrogen-bond acceptors (Lipinski definition) is 6. The Bertz CT molecular complexity index is 1240. The lowest BCUT2D eigenvalue weighted by Gasteiger charge is -2.12. The molecule has 32 heavy (non-hydrogen) atoms. The molecule has 0 unspecified atom stereocenters. The van der Waals surface area contributed by atoms with Crippen LogP contribution in [0, 0.1) is 20.8 Å². The van der Waals surface area contributed by atoms with Crippen molar-refractivity contribution >= 4 is 44.9 Å². The molecule has 3 rings (SSSR count). The number of carbonyl (C=O) groups is 1. The van der Waals surface area contributed by atoms with Gasteiger partial charge in [-0.2, -0.15) is 0 Å². The quantitative estimate of drug-likeness (QED) is 0.475. The van der Waals surface area contributed by atoms with E-state index in [1.54, 1.807) is 32.0 Å². The molecule has 0 atom stereocenters. The number of amides is 1. The van der Waals surface area contributed by atoms with Crippen molar-refractivity contribution in [3.05, 3.63) is 77.1 Å². The van der Waals surface area contributed by atoms with Gasteiger partial charge >= 0.3 is 0 Å². The number of rotatable bonds is 6. The summed E-state index contributed by atoms with van der Waals surface area (Å²) in [4.78, 5) is 20.5. The van der Waals surface area contributed by atoms with E-state index in [9.17, 15) is 13.2 Å². The Morgan fingerprint density at radius 2 is 1.59 bits per heavy atom. The summed E-state index contributed by atoms with van der Waals surface area (Å²) in [7, 11) is -3.86. The van der Waals surface area contributed by atoms with Crippen LogP contribution in [0.3, 0.4) is 0 Å². The zero-order valence-electron chi connectivity index (χ0n) is 17.8. The molecule has 1 heterocycles. The van der Waals surface area contributed by atoms with E-state index in [0.717, 1.165) is 11.1 Å². The highest BCUT2D eigenvalue weighted by molar-refractivity contribution is 7.92. The smallest absolute Gasteiger partial charge is 0.264 e. The average molecular weight is 470 g/mol. The Balaban J connectivity index is 1.60. The first kappa shape index (κ1) is 23.3. The molecule has 1 amide bonds. The van der Waals surface area contributed by atoms with Gasteiger partial charge in [-0.25, -0.2) is 23.1 Å². The molecule has 10 heteroatoms. The van der Waals surface area contributed by atoms with Gasteiger partial charge in [-0.3, -0.25) is 4.79 Å². The first-order valence-electron chi connectivity index (χ1n) is 9.73. The maximum Gasteiger partial charge on any atom is 0.264 e. The Kier molecular flexibility index (Phi) is 7.16. The van der Waals surface area contributed by atoms with E-state index in [4.69, 9.17) is 12.2 Å². The van der Waals surface area contributed by atoms with Gasteiger partial charge in [-0.1, -0.05) is 24.3 Å². The Morgan fingerprint density at radius 3 is 2.22 bits per heavy atom. The zero-order valence-corrected chi connectivity index (χ0v) is 19.5. The fourth-order valence-corrected chi connectivity index (χ4v) is 4.16. The number of aryl methyl sites for hydroxylation is 3. The molecule has 166 valence electrons. The van der Waals surface area contributed by atoms with Gasteiger partial charge in [0.1, 0.15) is 0 Å². The van der Waals surface area contributed by atoms with Gasteiger partial charge in [0.15, 0.2) is 5.11 Å². The largest absolute Gasteiger partial charge is 0.332 e. The summed E-state index contributed by atoms with van der Waals surface area (Å²) in [5.41, 5.74) is 3.80. The standard InChI is InChI=1S/C22H23N5O3S2/c1-14-6-4-5-7-17(14)13-20(28)26-22(31)25-18-8-10-19(11-9-18)32(29,30)27-21-23-15(2)12-16(3)24-21/h4-12H,13H2,1-3H3,(H,23,24,27)(H2,25,26,28,31). The molecule has 0 bridgehead atoms. The van der Waals surface area contributed by atoms with Crippen molar-refractivity contribution in [3.8, 4) is 0 Å². The van der Waals surface area contributed by atoms with Crippen LogP contribution in [0.1, 0.15) is 22.5 Å². The number of hydrogen-bond donors (Lipinski definition) is 3. The molecule has 0 saturated carbocycles. The minimum atomic E-state index is -3.86. The third-order valence-electron chi connectivity index (χ3n) is 4.50. The second-order valence-corrected chi connectivity index (χ2v) is 9.30. The van der Waals surface area contributed by atoms with Gasteiger partial charge in [0.25, 0.3) is 10.0 Å². The van der Waals surface area contributed by atoms with E-state index in [-0.39, 0.29) is 28.3 Å². The van der Waals surface area contributed by atoms with E-state index < -0.39 is 10.0 Å². The van der Waals surface area contributed by atoms with Crippen molar-refractivity contribution in [1.82, 2.24) is 15.3 Å². The van der Waals surface area contributed by atoms with Gasteiger partial charge in [-0.15, -0.1) is 0 Å². The number of thiocarbonyl (C=S) groups is 1. The monoisotopic (exact) mass is 469 g/mol. The number of carbonyl (C=O) groups excluding carboxylic acids is 1. The highest BCUT2D eigenvalue weighted by Crippen LogP contribution is 2.17. The third-order valence-corrected chi connectivity index (χ3v) is 6.04. The lowest BCUT2D eigenvalue weighted by molar-refractivity contribution is -0.119. The van der Waals surface area contributed by atoms with Crippen molar-refractivity contribution in [2.75, 3.05) is 10.0 Å². The second kappa shape index (κ2) is 9.84. The predicted octanol–water partition coefficient (Wildman–Crippen LogP) is 3.26. The molecule has 1 aromatic heterocycles. The van der Waals surface area contributed by atoms with E-state index in [0.29, 0.717) is 17.1 Å². The number of nitrogens with one attached hydrogen (secondary N) is 3. The lowest BCUT2D eigenvalue weighted by Crippen LogP contribution is -2.35. The summed E-state index contributed by atoms with van der Waals surface area (Å²) >= 11 is 5.19. The third kappa shape index (κ3) is 6.32. The maximum absolute atomic E-state index is 12.6. The number of anilines is 2. The highest BCUT2D eigenvalue weighted by atomic mass is 32.2. The molecule has 0 spiro atoms. The van der Waals surface area contributed by atoms with Gasteiger partial charge < -0.3 is 10.6 Å². The fourth-order valence-electron chi connectivity index (χ4n) is 2.98. The first-order valence-corrected chi connectivity index (χ1v) is 11.6. The molecule has 0 aliphatic rings. The molecule has 0 aliphatic heterocycles. The maximum atomic E-state index is 12.6. The molecular weight excluding hydrogens is 446 g/mol. The summed E-state index contributed by atoms with van der Waals surface area (Å²) in [5, 5.41) is 5.63. The number of aromatic nitrogens is 2. The Morgan fingerprint density at radius 1 is 0.969 bits per heavy atom. The Hall–Kier alpha value is -3.37. The van der Waals surface area contributed by atoms with Crippen molar-refractivity contribution in [3.63, 3.8) is 0 Å². The summed E-state index contributed by atoms with van der Waals surface area (Å²) in [6, 6.07) is 15.3. The lowest BCUT2D eigenvalue weighted by atomic mass is 10.1. The van der Waals surface area contributed by atoms with Gasteiger partial charge in [0.2, 0.25) is 11.9 Å². The van der Waals surface area contributed by atoms with E-state index in [1.165, 1.54) is 12.1 Å². The minimum Gasteiger partial charge on any atom is -0.332 e. The summed E-state index contributed by atoms with van der Waals surface area (Å²) in [6.45, 7) is 5.46. The molecule has 0 radical (unpaired) electrons. The zero-order chi connectivity index (χ0) is 23.3. The van der Waals surface area contributed by atoms with Crippen LogP contribution in [0.25, 0.3) is 0 Å². The fraction of sp³-hybridized carbons (Fsp3) is 0.182. The van der Waals surface area contributed by atoms with Gasteiger partial charge in [-0.05, 0) is 74.4 Å². The van der Waals surface area contributed by atoms with Crippen molar-refractivity contribution in [2.45, 2.75) is 32.1 Å². The molecule has 2 aromatic carbocycles. The molecule has 8 nitrogen and oxygen atoms in total. The molecule has 0 fully saturated rings. The average Bonchev–Trinajstić information content (AvgIpc) is 2.69. The van der Waals surface area contributed by atoms with Crippen molar-refractivity contribution < 1.29 is 13.2 Å². The molecular formula is C22H23N5O3S2. The van der Waals surface area contributed by atoms with Gasteiger partial charge in [0, 0.05) is 17.1 Å².